The Morgan fingerprint density at radius 2 is 1.95 bits per heavy atom. The van der Waals surface area contributed by atoms with Crippen molar-refractivity contribution >= 4 is 27.5 Å². The standard InChI is InChI=1S/C17H18BrClN2/c18-14-5-6-15(16(19)9-14)17(10-20)21-8-7-12-3-1-2-4-13(12)11-21/h1-6,9,17H,7-8,10-11,20H2. The summed E-state index contributed by atoms with van der Waals surface area (Å²) in [5.41, 5.74) is 10.0. The first kappa shape index (κ1) is 15.0. The summed E-state index contributed by atoms with van der Waals surface area (Å²) in [6.07, 6.45) is 1.07. The summed E-state index contributed by atoms with van der Waals surface area (Å²) in [6.45, 7) is 2.53. The SMILES string of the molecule is NCC(c1ccc(Br)cc1Cl)N1CCc2ccccc2C1. The van der Waals surface area contributed by atoms with Crippen molar-refractivity contribution in [2.24, 2.45) is 5.73 Å². The van der Waals surface area contributed by atoms with Gasteiger partial charge in [0, 0.05) is 35.2 Å². The van der Waals surface area contributed by atoms with Crippen LogP contribution in [0, 0.1) is 0 Å². The van der Waals surface area contributed by atoms with Gasteiger partial charge < -0.3 is 5.73 Å². The molecule has 4 heteroatoms. The molecule has 3 rings (SSSR count). The van der Waals surface area contributed by atoms with Crippen molar-refractivity contribution in [2.75, 3.05) is 13.1 Å². The number of benzene rings is 2. The van der Waals surface area contributed by atoms with Gasteiger partial charge in [0.15, 0.2) is 0 Å². The maximum absolute atomic E-state index is 6.41. The summed E-state index contributed by atoms with van der Waals surface area (Å²) in [4.78, 5) is 2.43. The number of nitrogens with zero attached hydrogens (tertiary/aromatic N) is 1. The van der Waals surface area contributed by atoms with E-state index in [2.05, 4.69) is 51.2 Å². The van der Waals surface area contributed by atoms with Gasteiger partial charge in [-0.25, -0.2) is 0 Å². The van der Waals surface area contributed by atoms with Crippen molar-refractivity contribution in [1.82, 2.24) is 4.90 Å². The Labute approximate surface area is 139 Å². The number of nitrogens with two attached hydrogens (primary N) is 1. The van der Waals surface area contributed by atoms with Gasteiger partial charge in [-0.05, 0) is 35.2 Å². The van der Waals surface area contributed by atoms with E-state index in [4.69, 9.17) is 17.3 Å². The van der Waals surface area contributed by atoms with Crippen molar-refractivity contribution in [3.8, 4) is 0 Å². The molecule has 1 aliphatic rings. The van der Waals surface area contributed by atoms with Gasteiger partial charge in [-0.15, -0.1) is 0 Å². The number of halogens is 2. The third-order valence-corrected chi connectivity index (χ3v) is 4.97. The molecule has 0 amide bonds. The fraction of sp³-hybridized carbons (Fsp3) is 0.294. The molecule has 21 heavy (non-hydrogen) atoms. The summed E-state index contributed by atoms with van der Waals surface area (Å²) >= 11 is 9.87. The van der Waals surface area contributed by atoms with E-state index in [0.29, 0.717) is 6.54 Å². The lowest BCUT2D eigenvalue weighted by molar-refractivity contribution is 0.184. The maximum atomic E-state index is 6.41. The van der Waals surface area contributed by atoms with Crippen LogP contribution in [0.5, 0.6) is 0 Å². The zero-order valence-corrected chi connectivity index (χ0v) is 14.1. The van der Waals surface area contributed by atoms with Crippen LogP contribution in [0.3, 0.4) is 0 Å². The lowest BCUT2D eigenvalue weighted by atomic mass is 9.96. The second-order valence-corrected chi connectivity index (χ2v) is 6.73. The van der Waals surface area contributed by atoms with Crippen LogP contribution in [0.4, 0.5) is 0 Å². The molecular formula is C17H18BrClN2. The van der Waals surface area contributed by atoms with Gasteiger partial charge in [-0.3, -0.25) is 4.90 Å². The van der Waals surface area contributed by atoms with Crippen LogP contribution >= 0.6 is 27.5 Å². The van der Waals surface area contributed by atoms with E-state index in [9.17, 15) is 0 Å². The molecule has 0 fully saturated rings. The van der Waals surface area contributed by atoms with E-state index < -0.39 is 0 Å². The smallest absolute Gasteiger partial charge is 0.0488 e. The van der Waals surface area contributed by atoms with E-state index in [1.165, 1.54) is 11.1 Å². The second kappa shape index (κ2) is 6.49. The molecule has 0 saturated heterocycles. The minimum Gasteiger partial charge on any atom is -0.329 e. The Hall–Kier alpha value is -0.870. The van der Waals surface area contributed by atoms with Crippen LogP contribution in [-0.4, -0.2) is 18.0 Å². The molecule has 2 aromatic carbocycles. The number of fused-ring (bicyclic) bond motifs is 1. The average Bonchev–Trinajstić information content (AvgIpc) is 2.50. The summed E-state index contributed by atoms with van der Waals surface area (Å²) < 4.78 is 0.996. The third-order valence-electron chi connectivity index (χ3n) is 4.15. The molecule has 2 nitrogen and oxygen atoms in total. The predicted molar refractivity (Wildman–Crippen MR) is 91.5 cm³/mol. The first-order chi connectivity index (χ1) is 10.2. The van der Waals surface area contributed by atoms with E-state index in [1.807, 2.05) is 12.1 Å². The van der Waals surface area contributed by atoms with Crippen molar-refractivity contribution in [1.29, 1.82) is 0 Å². The van der Waals surface area contributed by atoms with E-state index in [1.54, 1.807) is 0 Å². The molecule has 110 valence electrons. The molecule has 0 saturated carbocycles. The van der Waals surface area contributed by atoms with Gasteiger partial charge in [-0.1, -0.05) is 57.9 Å². The van der Waals surface area contributed by atoms with Crippen molar-refractivity contribution in [3.63, 3.8) is 0 Å². The third kappa shape index (κ3) is 3.16. The van der Waals surface area contributed by atoms with Gasteiger partial charge in [0.05, 0.1) is 0 Å². The van der Waals surface area contributed by atoms with Crippen LogP contribution < -0.4 is 5.73 Å². The summed E-state index contributed by atoms with van der Waals surface area (Å²) in [7, 11) is 0. The summed E-state index contributed by atoms with van der Waals surface area (Å²) in [6, 6.07) is 14.9. The van der Waals surface area contributed by atoms with E-state index in [0.717, 1.165) is 34.6 Å². The Kier molecular flexibility index (Phi) is 4.65. The molecule has 0 aliphatic carbocycles. The van der Waals surface area contributed by atoms with Gasteiger partial charge in [0.1, 0.15) is 0 Å². The molecule has 1 atom stereocenters. The normalized spacial score (nSPS) is 16.5. The molecule has 2 N–H and O–H groups in total. The van der Waals surface area contributed by atoms with Gasteiger partial charge in [0.25, 0.3) is 0 Å². The number of rotatable bonds is 3. The highest BCUT2D eigenvalue weighted by molar-refractivity contribution is 9.10. The van der Waals surface area contributed by atoms with Crippen LogP contribution in [-0.2, 0) is 13.0 Å². The Balaban J connectivity index is 1.88. The fourth-order valence-electron chi connectivity index (χ4n) is 3.03. The highest BCUT2D eigenvalue weighted by Gasteiger charge is 2.25. The predicted octanol–water partition coefficient (Wildman–Crippen LogP) is 4.16. The van der Waals surface area contributed by atoms with Crippen LogP contribution in [0.2, 0.25) is 5.02 Å². The molecule has 0 spiro atoms. The van der Waals surface area contributed by atoms with Crippen molar-refractivity contribution in [2.45, 2.75) is 19.0 Å². The quantitative estimate of drug-likeness (QED) is 0.885. The Morgan fingerprint density at radius 3 is 2.67 bits per heavy atom. The van der Waals surface area contributed by atoms with Gasteiger partial charge in [-0.2, -0.15) is 0 Å². The molecule has 0 bridgehead atoms. The van der Waals surface area contributed by atoms with E-state index >= 15 is 0 Å². The molecule has 2 aromatic rings. The summed E-state index contributed by atoms with van der Waals surface area (Å²) in [5, 5.41) is 0.777. The minimum absolute atomic E-state index is 0.166. The Morgan fingerprint density at radius 1 is 1.19 bits per heavy atom. The number of hydrogen-bond acceptors (Lipinski definition) is 2. The average molecular weight is 366 g/mol. The maximum Gasteiger partial charge on any atom is 0.0488 e. The topological polar surface area (TPSA) is 29.3 Å². The second-order valence-electron chi connectivity index (χ2n) is 5.41. The van der Waals surface area contributed by atoms with Crippen LogP contribution in [0.15, 0.2) is 46.9 Å². The lowest BCUT2D eigenvalue weighted by Crippen LogP contribution is -2.37. The zero-order chi connectivity index (χ0) is 14.8. The molecule has 1 heterocycles. The highest BCUT2D eigenvalue weighted by atomic mass is 79.9. The first-order valence-corrected chi connectivity index (χ1v) is 8.32. The Bertz CT molecular complexity index is 644. The molecule has 1 unspecified atom stereocenters. The van der Waals surface area contributed by atoms with E-state index in [-0.39, 0.29) is 6.04 Å². The highest BCUT2D eigenvalue weighted by Crippen LogP contribution is 2.32. The fourth-order valence-corrected chi connectivity index (χ4v) is 3.83. The minimum atomic E-state index is 0.166. The monoisotopic (exact) mass is 364 g/mol. The molecule has 0 aromatic heterocycles. The van der Waals surface area contributed by atoms with Gasteiger partial charge >= 0.3 is 0 Å². The van der Waals surface area contributed by atoms with Crippen molar-refractivity contribution < 1.29 is 0 Å². The summed E-state index contributed by atoms with van der Waals surface area (Å²) in [5.74, 6) is 0. The molecular weight excluding hydrogens is 348 g/mol. The number of hydrogen-bond donors (Lipinski definition) is 1. The zero-order valence-electron chi connectivity index (χ0n) is 11.7. The largest absolute Gasteiger partial charge is 0.329 e. The van der Waals surface area contributed by atoms with Crippen LogP contribution in [0.25, 0.3) is 0 Å². The first-order valence-electron chi connectivity index (χ1n) is 7.15. The van der Waals surface area contributed by atoms with Gasteiger partial charge in [0.2, 0.25) is 0 Å². The van der Waals surface area contributed by atoms with Crippen LogP contribution in [0.1, 0.15) is 22.7 Å². The lowest BCUT2D eigenvalue weighted by Gasteiger charge is -2.35. The van der Waals surface area contributed by atoms with Crippen molar-refractivity contribution in [3.05, 3.63) is 68.7 Å². The molecule has 0 radical (unpaired) electrons. The molecule has 1 aliphatic heterocycles.